The minimum atomic E-state index is -0.758. The summed E-state index contributed by atoms with van der Waals surface area (Å²) < 4.78 is 0. The van der Waals surface area contributed by atoms with Gasteiger partial charge in [0.15, 0.2) is 0 Å². The van der Waals surface area contributed by atoms with Crippen LogP contribution in [0.15, 0.2) is 0 Å². The van der Waals surface area contributed by atoms with E-state index in [0.717, 1.165) is 5.92 Å². The minimum absolute atomic E-state index is 0.758. The van der Waals surface area contributed by atoms with Gasteiger partial charge in [0.2, 0.25) is 0 Å². The van der Waals surface area contributed by atoms with E-state index in [0.29, 0.717) is 0 Å². The predicted molar refractivity (Wildman–Crippen MR) is 52.2 cm³/mol. The quantitative estimate of drug-likeness (QED) is 0.546. The van der Waals surface area contributed by atoms with Crippen LogP contribution in [0, 0.1) is 5.92 Å². The van der Waals surface area contributed by atoms with Crippen LogP contribution >= 0.6 is 0 Å². The van der Waals surface area contributed by atoms with Crippen molar-refractivity contribution in [3.63, 3.8) is 0 Å². The predicted octanol–water partition coefficient (Wildman–Crippen LogP) is 3.76. The van der Waals surface area contributed by atoms with Crippen LogP contribution < -0.4 is 0 Å². The standard InChI is InChI=1S/C9H22Si/c1-6-7-9(2)8-10(3,4)5/h9H,6-8H2,1-5H3. The fourth-order valence-electron chi connectivity index (χ4n) is 1.64. The fraction of sp³-hybridized carbons (Fsp3) is 1.00. The molecule has 0 N–H and O–H groups in total. The van der Waals surface area contributed by atoms with Crippen LogP contribution in [-0.2, 0) is 0 Å². The van der Waals surface area contributed by atoms with Crippen LogP contribution in [0.4, 0.5) is 0 Å². The summed E-state index contributed by atoms with van der Waals surface area (Å²) in [5.74, 6) is 0.969. The first-order valence-electron chi connectivity index (χ1n) is 4.45. The molecule has 0 amide bonds. The van der Waals surface area contributed by atoms with Crippen molar-refractivity contribution < 1.29 is 0 Å². The highest BCUT2D eigenvalue weighted by Gasteiger charge is 2.16. The van der Waals surface area contributed by atoms with Gasteiger partial charge in [0, 0.05) is 8.07 Å². The topological polar surface area (TPSA) is 0 Å². The van der Waals surface area contributed by atoms with E-state index in [1.807, 2.05) is 0 Å². The molecule has 0 spiro atoms. The average molecular weight is 158 g/mol. The zero-order chi connectivity index (χ0) is 8.20. The van der Waals surface area contributed by atoms with E-state index in [1.165, 1.54) is 18.9 Å². The third-order valence-corrected chi connectivity index (χ3v) is 3.66. The van der Waals surface area contributed by atoms with Gasteiger partial charge in [0.05, 0.1) is 0 Å². The summed E-state index contributed by atoms with van der Waals surface area (Å²) in [5.41, 5.74) is 0. The van der Waals surface area contributed by atoms with Crippen molar-refractivity contribution in [2.24, 2.45) is 5.92 Å². The monoisotopic (exact) mass is 158 g/mol. The normalized spacial score (nSPS) is 15.3. The Labute approximate surface area is 67.0 Å². The molecule has 0 aromatic heterocycles. The van der Waals surface area contributed by atoms with Gasteiger partial charge in [0.25, 0.3) is 0 Å². The summed E-state index contributed by atoms with van der Waals surface area (Å²) in [6, 6.07) is 1.50. The van der Waals surface area contributed by atoms with E-state index in [4.69, 9.17) is 0 Å². The summed E-state index contributed by atoms with van der Waals surface area (Å²) in [7, 11) is -0.758. The Kier molecular flexibility index (Phi) is 4.26. The lowest BCUT2D eigenvalue weighted by molar-refractivity contribution is 0.568. The summed E-state index contributed by atoms with van der Waals surface area (Å²) in [4.78, 5) is 0. The molecule has 1 atom stereocenters. The molecule has 0 fully saturated rings. The largest absolute Gasteiger partial charge is 0.0695 e. The Balaban J connectivity index is 3.47. The summed E-state index contributed by atoms with van der Waals surface area (Å²) >= 11 is 0. The first kappa shape index (κ1) is 10.2. The zero-order valence-corrected chi connectivity index (χ0v) is 9.20. The number of hydrogen-bond donors (Lipinski definition) is 0. The molecule has 0 rings (SSSR count). The van der Waals surface area contributed by atoms with Gasteiger partial charge >= 0.3 is 0 Å². The van der Waals surface area contributed by atoms with Gasteiger partial charge in [-0.2, -0.15) is 0 Å². The molecule has 0 nitrogen and oxygen atoms in total. The van der Waals surface area contributed by atoms with Crippen LogP contribution in [-0.4, -0.2) is 8.07 Å². The second-order valence-corrected chi connectivity index (χ2v) is 10.2. The Morgan fingerprint density at radius 3 is 2.00 bits per heavy atom. The summed E-state index contributed by atoms with van der Waals surface area (Å²) in [5, 5.41) is 0. The van der Waals surface area contributed by atoms with Gasteiger partial charge in [-0.3, -0.25) is 0 Å². The van der Waals surface area contributed by atoms with E-state index in [2.05, 4.69) is 33.5 Å². The molecule has 0 aliphatic carbocycles. The van der Waals surface area contributed by atoms with Crippen molar-refractivity contribution in [1.29, 1.82) is 0 Å². The summed E-state index contributed by atoms with van der Waals surface area (Å²) in [6.45, 7) is 12.0. The van der Waals surface area contributed by atoms with E-state index in [-0.39, 0.29) is 0 Å². The molecular formula is C9H22Si. The second-order valence-electron chi connectivity index (χ2n) is 4.66. The fourth-order valence-corrected chi connectivity index (χ4v) is 3.94. The SMILES string of the molecule is CCCC(C)C[Si](C)(C)C. The molecule has 0 aromatic rings. The van der Waals surface area contributed by atoms with Crippen molar-refractivity contribution in [3.8, 4) is 0 Å². The number of hydrogen-bond acceptors (Lipinski definition) is 0. The molecule has 1 unspecified atom stereocenters. The molecule has 0 bridgehead atoms. The van der Waals surface area contributed by atoms with Gasteiger partial charge in [-0.15, -0.1) is 0 Å². The van der Waals surface area contributed by atoms with E-state index in [1.54, 1.807) is 0 Å². The lowest BCUT2D eigenvalue weighted by Crippen LogP contribution is -2.22. The van der Waals surface area contributed by atoms with Crippen LogP contribution in [0.3, 0.4) is 0 Å². The molecule has 10 heavy (non-hydrogen) atoms. The molecule has 62 valence electrons. The Morgan fingerprint density at radius 2 is 1.70 bits per heavy atom. The van der Waals surface area contributed by atoms with Crippen LogP contribution in [0.25, 0.3) is 0 Å². The smallest absolute Gasteiger partial charge is 0.0445 e. The Morgan fingerprint density at radius 1 is 1.20 bits per heavy atom. The Hall–Kier alpha value is 0.217. The highest BCUT2D eigenvalue weighted by atomic mass is 28.3. The maximum Gasteiger partial charge on any atom is 0.0445 e. The molecule has 0 aliphatic heterocycles. The highest BCUT2D eigenvalue weighted by molar-refractivity contribution is 6.76. The average Bonchev–Trinajstić information content (AvgIpc) is 1.59. The van der Waals surface area contributed by atoms with Gasteiger partial charge in [-0.05, 0) is 5.92 Å². The lowest BCUT2D eigenvalue weighted by Gasteiger charge is -2.20. The molecule has 1 heteroatoms. The third-order valence-electron chi connectivity index (χ3n) is 1.74. The second kappa shape index (κ2) is 4.17. The lowest BCUT2D eigenvalue weighted by atomic mass is 10.1. The van der Waals surface area contributed by atoms with Crippen LogP contribution in [0.5, 0.6) is 0 Å². The zero-order valence-electron chi connectivity index (χ0n) is 8.20. The molecule has 0 saturated heterocycles. The van der Waals surface area contributed by atoms with E-state index < -0.39 is 8.07 Å². The minimum Gasteiger partial charge on any atom is -0.0695 e. The van der Waals surface area contributed by atoms with E-state index in [9.17, 15) is 0 Å². The van der Waals surface area contributed by atoms with Crippen molar-refractivity contribution in [2.75, 3.05) is 0 Å². The van der Waals surface area contributed by atoms with Crippen LogP contribution in [0.1, 0.15) is 26.7 Å². The van der Waals surface area contributed by atoms with Crippen molar-refractivity contribution >= 4 is 8.07 Å². The molecular weight excluding hydrogens is 136 g/mol. The molecule has 0 saturated carbocycles. The van der Waals surface area contributed by atoms with Gasteiger partial charge in [-0.25, -0.2) is 0 Å². The maximum atomic E-state index is 2.46. The van der Waals surface area contributed by atoms with Gasteiger partial charge < -0.3 is 0 Å². The van der Waals surface area contributed by atoms with Crippen molar-refractivity contribution in [1.82, 2.24) is 0 Å². The summed E-state index contributed by atoms with van der Waals surface area (Å²) in [6.07, 6.45) is 2.77. The first-order valence-corrected chi connectivity index (χ1v) is 8.16. The molecule has 0 aliphatic rings. The number of rotatable bonds is 4. The van der Waals surface area contributed by atoms with Gasteiger partial charge in [-0.1, -0.05) is 52.4 Å². The van der Waals surface area contributed by atoms with Crippen LogP contribution in [0.2, 0.25) is 25.7 Å². The molecule has 0 radical (unpaired) electrons. The first-order chi connectivity index (χ1) is 4.45. The van der Waals surface area contributed by atoms with E-state index >= 15 is 0 Å². The van der Waals surface area contributed by atoms with Crippen molar-refractivity contribution in [2.45, 2.75) is 52.4 Å². The molecule has 0 aromatic carbocycles. The Bertz CT molecular complexity index is 81.2. The maximum absolute atomic E-state index is 2.46. The molecule has 0 heterocycles. The third kappa shape index (κ3) is 6.34. The van der Waals surface area contributed by atoms with Gasteiger partial charge in [0.1, 0.15) is 0 Å². The van der Waals surface area contributed by atoms with Crippen molar-refractivity contribution in [3.05, 3.63) is 0 Å². The highest BCUT2D eigenvalue weighted by Crippen LogP contribution is 2.19.